The maximum atomic E-state index is 9.79. The zero-order chi connectivity index (χ0) is 10.7. The second kappa shape index (κ2) is 5.25. The van der Waals surface area contributed by atoms with Gasteiger partial charge in [0.05, 0.1) is 12.6 Å². The molecule has 2 fully saturated rings. The number of aliphatic hydroxyl groups excluding tert-OH is 1. The van der Waals surface area contributed by atoms with Crippen molar-refractivity contribution in [3.8, 4) is 0 Å². The lowest BCUT2D eigenvalue weighted by molar-refractivity contribution is -0.126. The van der Waals surface area contributed by atoms with Crippen molar-refractivity contribution in [3.63, 3.8) is 0 Å². The molecule has 0 aromatic heterocycles. The third-order valence-electron chi connectivity index (χ3n) is 3.57. The van der Waals surface area contributed by atoms with Crippen molar-refractivity contribution in [2.75, 3.05) is 26.7 Å². The van der Waals surface area contributed by atoms with Gasteiger partial charge in [0.25, 0.3) is 0 Å². The highest BCUT2D eigenvalue weighted by molar-refractivity contribution is 4.79. The molecule has 4 nitrogen and oxygen atoms in total. The van der Waals surface area contributed by atoms with Crippen LogP contribution in [0.1, 0.15) is 25.7 Å². The van der Waals surface area contributed by atoms with Crippen LogP contribution in [0.4, 0.5) is 0 Å². The Morgan fingerprint density at radius 3 is 2.93 bits per heavy atom. The molecule has 0 aromatic carbocycles. The predicted molar refractivity (Wildman–Crippen MR) is 58.6 cm³/mol. The lowest BCUT2D eigenvalue weighted by atomic mass is 10.2. The van der Waals surface area contributed by atoms with Gasteiger partial charge in [0, 0.05) is 6.04 Å². The molecule has 2 rings (SSSR count). The molecule has 2 heterocycles. The SMILES string of the molecule is CN1CCCC1COC(O)[C@H]1CCCN1. The molecule has 4 heteroatoms. The van der Waals surface area contributed by atoms with Crippen LogP contribution in [0.25, 0.3) is 0 Å². The van der Waals surface area contributed by atoms with E-state index in [-0.39, 0.29) is 6.04 Å². The Morgan fingerprint density at radius 1 is 1.47 bits per heavy atom. The summed E-state index contributed by atoms with van der Waals surface area (Å²) in [6.45, 7) is 2.83. The third-order valence-corrected chi connectivity index (χ3v) is 3.57. The number of hydrogen-bond acceptors (Lipinski definition) is 4. The molecule has 88 valence electrons. The number of rotatable bonds is 4. The highest BCUT2D eigenvalue weighted by Gasteiger charge is 2.26. The predicted octanol–water partition coefficient (Wildman–Crippen LogP) is 0.168. The van der Waals surface area contributed by atoms with Gasteiger partial charge >= 0.3 is 0 Å². The molecule has 15 heavy (non-hydrogen) atoms. The normalized spacial score (nSPS) is 34.8. The molecule has 0 saturated carbocycles. The van der Waals surface area contributed by atoms with E-state index in [1.165, 1.54) is 12.8 Å². The molecule has 0 amide bonds. The van der Waals surface area contributed by atoms with Crippen molar-refractivity contribution in [3.05, 3.63) is 0 Å². The van der Waals surface area contributed by atoms with Crippen molar-refractivity contribution in [1.82, 2.24) is 10.2 Å². The molecule has 2 saturated heterocycles. The number of nitrogens with zero attached hydrogens (tertiary/aromatic N) is 1. The molecule has 0 aromatic rings. The van der Waals surface area contributed by atoms with Gasteiger partial charge < -0.3 is 20.1 Å². The first-order valence-corrected chi connectivity index (χ1v) is 6.00. The Hall–Kier alpha value is -0.160. The molecule has 2 N–H and O–H groups in total. The quantitative estimate of drug-likeness (QED) is 0.655. The van der Waals surface area contributed by atoms with Crippen molar-refractivity contribution in [2.45, 2.75) is 44.1 Å². The molecule has 2 unspecified atom stereocenters. The second-order valence-corrected chi connectivity index (χ2v) is 4.70. The Labute approximate surface area is 91.6 Å². The number of nitrogens with one attached hydrogen (secondary N) is 1. The standard InChI is InChI=1S/C11H22N2O2/c1-13-7-3-4-9(13)8-15-11(14)10-5-2-6-12-10/h9-12,14H,2-8H2,1H3/t9?,10-,11?/m1/s1. The molecule has 0 bridgehead atoms. The Kier molecular flexibility index (Phi) is 3.97. The fourth-order valence-electron chi connectivity index (χ4n) is 2.47. The van der Waals surface area contributed by atoms with Gasteiger partial charge in [0.15, 0.2) is 6.29 Å². The van der Waals surface area contributed by atoms with Crippen molar-refractivity contribution < 1.29 is 9.84 Å². The first-order chi connectivity index (χ1) is 7.27. The fraction of sp³-hybridized carbons (Fsp3) is 1.00. The number of likely N-dealkylation sites (N-methyl/N-ethyl adjacent to an activating group) is 1. The van der Waals surface area contributed by atoms with Crippen LogP contribution in [-0.4, -0.2) is 55.1 Å². The van der Waals surface area contributed by atoms with Gasteiger partial charge in [0.2, 0.25) is 0 Å². The van der Waals surface area contributed by atoms with E-state index in [4.69, 9.17) is 4.74 Å². The maximum absolute atomic E-state index is 9.79. The molecule has 2 aliphatic heterocycles. The van der Waals surface area contributed by atoms with Gasteiger partial charge in [-0.05, 0) is 45.8 Å². The van der Waals surface area contributed by atoms with E-state index in [0.717, 1.165) is 25.9 Å². The molecule has 3 atom stereocenters. The van der Waals surface area contributed by atoms with Gasteiger partial charge in [-0.3, -0.25) is 0 Å². The summed E-state index contributed by atoms with van der Waals surface area (Å²) in [4.78, 5) is 2.31. The van der Waals surface area contributed by atoms with E-state index in [2.05, 4.69) is 17.3 Å². The minimum atomic E-state index is -0.624. The molecule has 0 aliphatic carbocycles. The van der Waals surface area contributed by atoms with Gasteiger partial charge in [-0.25, -0.2) is 0 Å². The number of hydrogen-bond donors (Lipinski definition) is 2. The van der Waals surface area contributed by atoms with Crippen molar-refractivity contribution in [2.24, 2.45) is 0 Å². The van der Waals surface area contributed by atoms with Crippen LogP contribution in [0.5, 0.6) is 0 Å². The van der Waals surface area contributed by atoms with E-state index in [1.807, 2.05) is 0 Å². The summed E-state index contributed by atoms with van der Waals surface area (Å²) in [7, 11) is 2.13. The largest absolute Gasteiger partial charge is 0.367 e. The minimum Gasteiger partial charge on any atom is -0.367 e. The Morgan fingerprint density at radius 2 is 2.33 bits per heavy atom. The van der Waals surface area contributed by atoms with Gasteiger partial charge in [-0.15, -0.1) is 0 Å². The molecule has 0 spiro atoms. The van der Waals surface area contributed by atoms with Gasteiger partial charge in [0.1, 0.15) is 0 Å². The number of aliphatic hydroxyl groups is 1. The highest BCUT2D eigenvalue weighted by atomic mass is 16.6. The van der Waals surface area contributed by atoms with Crippen LogP contribution in [-0.2, 0) is 4.74 Å². The van der Waals surface area contributed by atoms with Crippen LogP contribution in [0.15, 0.2) is 0 Å². The van der Waals surface area contributed by atoms with Crippen molar-refractivity contribution in [1.29, 1.82) is 0 Å². The summed E-state index contributed by atoms with van der Waals surface area (Å²) in [5, 5.41) is 13.0. The topological polar surface area (TPSA) is 44.7 Å². The smallest absolute Gasteiger partial charge is 0.169 e. The molecular formula is C11H22N2O2. The third kappa shape index (κ3) is 2.91. The molecule has 0 radical (unpaired) electrons. The lowest BCUT2D eigenvalue weighted by Gasteiger charge is -2.24. The summed E-state index contributed by atoms with van der Waals surface area (Å²) in [6, 6.07) is 0.651. The number of ether oxygens (including phenoxy) is 1. The van der Waals surface area contributed by atoms with Crippen LogP contribution >= 0.6 is 0 Å². The van der Waals surface area contributed by atoms with Crippen LogP contribution < -0.4 is 5.32 Å². The average molecular weight is 214 g/mol. The monoisotopic (exact) mass is 214 g/mol. The number of likely N-dealkylation sites (tertiary alicyclic amines) is 1. The fourth-order valence-corrected chi connectivity index (χ4v) is 2.47. The van der Waals surface area contributed by atoms with Gasteiger partial charge in [-0.1, -0.05) is 0 Å². The van der Waals surface area contributed by atoms with Crippen LogP contribution in [0.2, 0.25) is 0 Å². The second-order valence-electron chi connectivity index (χ2n) is 4.70. The van der Waals surface area contributed by atoms with Crippen LogP contribution in [0.3, 0.4) is 0 Å². The summed E-state index contributed by atoms with van der Waals surface area (Å²) in [5.41, 5.74) is 0. The van der Waals surface area contributed by atoms with E-state index < -0.39 is 6.29 Å². The summed E-state index contributed by atoms with van der Waals surface area (Å²) in [5.74, 6) is 0. The van der Waals surface area contributed by atoms with Crippen molar-refractivity contribution >= 4 is 0 Å². The highest BCUT2D eigenvalue weighted by Crippen LogP contribution is 2.16. The molecular weight excluding hydrogens is 192 g/mol. The summed E-state index contributed by atoms with van der Waals surface area (Å²) >= 11 is 0. The Balaban J connectivity index is 1.67. The zero-order valence-corrected chi connectivity index (χ0v) is 9.48. The minimum absolute atomic E-state index is 0.150. The van der Waals surface area contributed by atoms with Gasteiger partial charge in [-0.2, -0.15) is 0 Å². The maximum Gasteiger partial charge on any atom is 0.169 e. The first-order valence-electron chi connectivity index (χ1n) is 6.00. The lowest BCUT2D eigenvalue weighted by Crippen LogP contribution is -2.39. The van der Waals surface area contributed by atoms with E-state index in [1.54, 1.807) is 0 Å². The zero-order valence-electron chi connectivity index (χ0n) is 9.48. The average Bonchev–Trinajstić information content (AvgIpc) is 2.85. The Bertz CT molecular complexity index is 195. The summed E-state index contributed by atoms with van der Waals surface area (Å²) < 4.78 is 5.53. The van der Waals surface area contributed by atoms with E-state index >= 15 is 0 Å². The summed E-state index contributed by atoms with van der Waals surface area (Å²) in [6.07, 6.45) is 4.00. The van der Waals surface area contributed by atoms with E-state index in [0.29, 0.717) is 12.6 Å². The van der Waals surface area contributed by atoms with E-state index in [9.17, 15) is 5.11 Å². The molecule has 2 aliphatic rings. The van der Waals surface area contributed by atoms with Crippen LogP contribution in [0, 0.1) is 0 Å². The first kappa shape index (κ1) is 11.3.